The highest BCUT2D eigenvalue weighted by Gasteiger charge is 2.19. The highest BCUT2D eigenvalue weighted by molar-refractivity contribution is 8.00. The Kier molecular flexibility index (Phi) is 6.77. The summed E-state index contributed by atoms with van der Waals surface area (Å²) in [6.07, 6.45) is 0. The minimum atomic E-state index is -0.286. The molecular weight excluding hydrogens is 382 g/mol. The van der Waals surface area contributed by atoms with Crippen molar-refractivity contribution < 1.29 is 9.53 Å². The van der Waals surface area contributed by atoms with E-state index in [9.17, 15) is 4.79 Å². The predicted molar refractivity (Wildman–Crippen MR) is 110 cm³/mol. The zero-order valence-corrected chi connectivity index (χ0v) is 16.9. The fourth-order valence-corrected chi connectivity index (χ4v) is 3.90. The molecule has 1 unspecified atom stereocenters. The van der Waals surface area contributed by atoms with Crippen molar-refractivity contribution in [3.05, 3.63) is 59.1 Å². The van der Waals surface area contributed by atoms with Crippen LogP contribution in [-0.2, 0) is 22.6 Å². The average Bonchev–Trinajstić information content (AvgIpc) is 3.02. The van der Waals surface area contributed by atoms with Crippen LogP contribution in [0.4, 0.5) is 0 Å². The first-order valence-corrected chi connectivity index (χ1v) is 9.98. The van der Waals surface area contributed by atoms with Crippen molar-refractivity contribution in [2.45, 2.75) is 30.4 Å². The summed E-state index contributed by atoms with van der Waals surface area (Å²) in [7, 11) is 1.68. The van der Waals surface area contributed by atoms with Crippen LogP contribution in [0.15, 0.2) is 53.7 Å². The number of para-hydroxylation sites is 2. The molecule has 1 N–H and O–H groups in total. The van der Waals surface area contributed by atoms with Gasteiger partial charge in [0, 0.05) is 25.2 Å². The van der Waals surface area contributed by atoms with Crippen LogP contribution < -0.4 is 5.32 Å². The lowest BCUT2D eigenvalue weighted by atomic mass is 10.2. The number of nitrogens with one attached hydrogen (secondary N) is 1. The molecule has 7 heteroatoms. The molecule has 2 aromatic carbocycles. The van der Waals surface area contributed by atoms with Gasteiger partial charge in [-0.05, 0) is 30.7 Å². The van der Waals surface area contributed by atoms with E-state index in [0.29, 0.717) is 24.7 Å². The summed E-state index contributed by atoms with van der Waals surface area (Å²) in [4.78, 5) is 17.2. The molecule has 0 aliphatic heterocycles. The van der Waals surface area contributed by atoms with Gasteiger partial charge in [0.25, 0.3) is 0 Å². The number of imidazole rings is 1. The highest BCUT2D eigenvalue weighted by atomic mass is 35.5. The molecule has 3 aromatic rings. The molecule has 1 atom stereocenters. The maximum atomic E-state index is 12.5. The van der Waals surface area contributed by atoms with Crippen LogP contribution in [0, 0.1) is 0 Å². The molecule has 0 aliphatic rings. The summed E-state index contributed by atoms with van der Waals surface area (Å²) in [5.74, 6) is -0.0507. The number of halogens is 1. The van der Waals surface area contributed by atoms with E-state index in [0.717, 1.165) is 21.8 Å². The molecule has 0 saturated heterocycles. The first kappa shape index (κ1) is 19.7. The van der Waals surface area contributed by atoms with Crippen LogP contribution in [0.3, 0.4) is 0 Å². The lowest BCUT2D eigenvalue weighted by molar-refractivity contribution is -0.120. The molecule has 142 valence electrons. The van der Waals surface area contributed by atoms with Gasteiger partial charge in [-0.2, -0.15) is 0 Å². The van der Waals surface area contributed by atoms with Gasteiger partial charge < -0.3 is 14.6 Å². The molecule has 27 heavy (non-hydrogen) atoms. The van der Waals surface area contributed by atoms with Gasteiger partial charge in [-0.25, -0.2) is 4.98 Å². The van der Waals surface area contributed by atoms with Gasteiger partial charge in [-0.3, -0.25) is 4.79 Å². The second-order valence-corrected chi connectivity index (χ2v) is 7.81. The minimum Gasteiger partial charge on any atom is -0.383 e. The fourth-order valence-electron chi connectivity index (χ4n) is 2.72. The number of carbonyl (C=O) groups is 1. The van der Waals surface area contributed by atoms with Crippen LogP contribution >= 0.6 is 23.4 Å². The number of aromatic nitrogens is 2. The smallest absolute Gasteiger partial charge is 0.233 e. The Bertz CT molecular complexity index is 928. The lowest BCUT2D eigenvalue weighted by Gasteiger charge is -2.14. The number of ether oxygens (including phenoxy) is 1. The summed E-state index contributed by atoms with van der Waals surface area (Å²) in [6.45, 7) is 3.56. The molecule has 0 saturated carbocycles. The summed E-state index contributed by atoms with van der Waals surface area (Å²) >= 11 is 7.59. The number of rotatable bonds is 8. The number of amides is 1. The van der Waals surface area contributed by atoms with E-state index in [1.54, 1.807) is 7.11 Å². The molecule has 0 radical (unpaired) electrons. The van der Waals surface area contributed by atoms with Crippen LogP contribution in [0.25, 0.3) is 11.0 Å². The zero-order valence-electron chi connectivity index (χ0n) is 15.3. The van der Waals surface area contributed by atoms with E-state index in [1.165, 1.54) is 11.8 Å². The molecule has 3 rings (SSSR count). The number of thioether (sulfide) groups is 1. The second-order valence-electron chi connectivity index (χ2n) is 6.10. The monoisotopic (exact) mass is 403 g/mol. The molecule has 1 amide bonds. The van der Waals surface area contributed by atoms with E-state index >= 15 is 0 Å². The van der Waals surface area contributed by atoms with Crippen LogP contribution in [-0.4, -0.2) is 34.4 Å². The SMILES string of the molecule is COCCn1c(SC(C)C(=O)NCc2ccccc2Cl)nc2ccccc21. The zero-order chi connectivity index (χ0) is 19.2. The third kappa shape index (κ3) is 4.83. The molecule has 1 heterocycles. The summed E-state index contributed by atoms with van der Waals surface area (Å²) in [6, 6.07) is 15.5. The Morgan fingerprint density at radius 1 is 1.26 bits per heavy atom. The molecule has 0 bridgehead atoms. The number of hydrogen-bond donors (Lipinski definition) is 1. The largest absolute Gasteiger partial charge is 0.383 e. The number of fused-ring (bicyclic) bond motifs is 1. The summed E-state index contributed by atoms with van der Waals surface area (Å²) in [5, 5.41) is 4.13. The number of carbonyl (C=O) groups excluding carboxylic acids is 1. The molecule has 5 nitrogen and oxygen atoms in total. The number of benzene rings is 2. The summed E-state index contributed by atoms with van der Waals surface area (Å²) < 4.78 is 7.32. The van der Waals surface area contributed by atoms with Crippen LogP contribution in [0.5, 0.6) is 0 Å². The topological polar surface area (TPSA) is 56.1 Å². The third-order valence-electron chi connectivity index (χ3n) is 4.20. The minimum absolute atomic E-state index is 0.0507. The van der Waals surface area contributed by atoms with E-state index in [-0.39, 0.29) is 11.2 Å². The standard InChI is InChI=1S/C20H22ClN3O2S/c1-14(19(25)22-13-15-7-3-4-8-16(15)21)27-20-23-17-9-5-6-10-18(17)24(20)11-12-26-2/h3-10,14H,11-13H2,1-2H3,(H,22,25). The van der Waals surface area contributed by atoms with Crippen molar-refractivity contribution in [3.63, 3.8) is 0 Å². The normalized spacial score (nSPS) is 12.3. The third-order valence-corrected chi connectivity index (χ3v) is 5.66. The molecular formula is C20H22ClN3O2S. The van der Waals surface area contributed by atoms with Crippen LogP contribution in [0.1, 0.15) is 12.5 Å². The van der Waals surface area contributed by atoms with E-state index in [4.69, 9.17) is 16.3 Å². The highest BCUT2D eigenvalue weighted by Crippen LogP contribution is 2.27. The molecule has 1 aromatic heterocycles. The summed E-state index contributed by atoms with van der Waals surface area (Å²) in [5.41, 5.74) is 2.86. The maximum Gasteiger partial charge on any atom is 0.233 e. The molecule has 0 spiro atoms. The lowest BCUT2D eigenvalue weighted by Crippen LogP contribution is -2.30. The van der Waals surface area contributed by atoms with Crippen molar-refractivity contribution in [1.82, 2.24) is 14.9 Å². The second kappa shape index (κ2) is 9.26. The van der Waals surface area contributed by atoms with Gasteiger partial charge in [0.1, 0.15) is 0 Å². The molecule has 0 fully saturated rings. The Labute approximate surface area is 168 Å². The Morgan fingerprint density at radius 3 is 2.78 bits per heavy atom. The average molecular weight is 404 g/mol. The van der Waals surface area contributed by atoms with Gasteiger partial charge in [0.2, 0.25) is 5.91 Å². The van der Waals surface area contributed by atoms with Crippen molar-refractivity contribution >= 4 is 40.3 Å². The van der Waals surface area contributed by atoms with Gasteiger partial charge in [0.05, 0.1) is 22.9 Å². The first-order valence-electron chi connectivity index (χ1n) is 8.72. The maximum absolute atomic E-state index is 12.5. The van der Waals surface area contributed by atoms with Crippen molar-refractivity contribution in [2.75, 3.05) is 13.7 Å². The Balaban J connectivity index is 1.70. The van der Waals surface area contributed by atoms with Crippen molar-refractivity contribution in [1.29, 1.82) is 0 Å². The quantitative estimate of drug-likeness (QED) is 0.574. The van der Waals surface area contributed by atoms with Crippen LogP contribution in [0.2, 0.25) is 5.02 Å². The van der Waals surface area contributed by atoms with Gasteiger partial charge in [-0.15, -0.1) is 0 Å². The van der Waals surface area contributed by atoms with E-state index < -0.39 is 0 Å². The van der Waals surface area contributed by atoms with Gasteiger partial charge >= 0.3 is 0 Å². The molecule has 0 aliphatic carbocycles. The van der Waals surface area contributed by atoms with Gasteiger partial charge in [-0.1, -0.05) is 53.7 Å². The van der Waals surface area contributed by atoms with Gasteiger partial charge in [0.15, 0.2) is 5.16 Å². The van der Waals surface area contributed by atoms with Crippen molar-refractivity contribution in [3.8, 4) is 0 Å². The van der Waals surface area contributed by atoms with Crippen molar-refractivity contribution in [2.24, 2.45) is 0 Å². The van der Waals surface area contributed by atoms with E-state index in [2.05, 4.69) is 14.9 Å². The Morgan fingerprint density at radius 2 is 2.00 bits per heavy atom. The Hall–Kier alpha value is -2.02. The fraction of sp³-hybridized carbons (Fsp3) is 0.300. The number of nitrogens with zero attached hydrogens (tertiary/aromatic N) is 2. The predicted octanol–water partition coefficient (Wildman–Crippen LogP) is 4.13. The number of hydrogen-bond acceptors (Lipinski definition) is 4. The van der Waals surface area contributed by atoms with E-state index in [1.807, 2.05) is 55.5 Å². The first-order chi connectivity index (χ1) is 13.1. The number of methoxy groups -OCH3 is 1.